The fourth-order valence-electron chi connectivity index (χ4n) is 3.73. The lowest BCUT2D eigenvalue weighted by Crippen LogP contribution is -2.18. The van der Waals surface area contributed by atoms with Crippen LogP contribution in [-0.4, -0.2) is 21.6 Å². The van der Waals surface area contributed by atoms with Gasteiger partial charge in [-0.25, -0.2) is 4.68 Å². The number of carbonyl (C=O) groups is 2. The van der Waals surface area contributed by atoms with Crippen molar-refractivity contribution in [1.82, 2.24) is 9.78 Å². The number of nitrogens with one attached hydrogen (secondary N) is 1. The predicted molar refractivity (Wildman–Crippen MR) is 110 cm³/mol. The van der Waals surface area contributed by atoms with Crippen LogP contribution >= 0.6 is 11.3 Å². The van der Waals surface area contributed by atoms with E-state index in [1.54, 1.807) is 12.1 Å². The topological polar surface area (TPSA) is 90.0 Å². The summed E-state index contributed by atoms with van der Waals surface area (Å²) in [5.74, 6) is -0.726. The van der Waals surface area contributed by atoms with Gasteiger partial charge < -0.3 is 11.1 Å². The summed E-state index contributed by atoms with van der Waals surface area (Å²) in [6, 6.07) is 9.26. The lowest BCUT2D eigenvalue weighted by molar-refractivity contribution is 0.100. The molecule has 4 rings (SSSR count). The van der Waals surface area contributed by atoms with Gasteiger partial charge in [-0.1, -0.05) is 0 Å². The van der Waals surface area contributed by atoms with Gasteiger partial charge in [-0.2, -0.15) is 5.10 Å². The van der Waals surface area contributed by atoms with Gasteiger partial charge in [0.05, 0.1) is 16.9 Å². The molecule has 0 atom stereocenters. The van der Waals surface area contributed by atoms with Crippen molar-refractivity contribution in [3.8, 4) is 5.69 Å². The average Bonchev–Trinajstić information content (AvgIpc) is 3.20. The van der Waals surface area contributed by atoms with E-state index in [1.807, 2.05) is 36.7 Å². The Labute approximate surface area is 167 Å². The van der Waals surface area contributed by atoms with Crippen LogP contribution in [0.3, 0.4) is 0 Å². The van der Waals surface area contributed by atoms with Crippen molar-refractivity contribution in [3.63, 3.8) is 0 Å². The van der Waals surface area contributed by atoms with Gasteiger partial charge in [0.2, 0.25) is 0 Å². The number of aryl methyl sites for hydroxylation is 3. The number of thiophene rings is 1. The first-order valence-electron chi connectivity index (χ1n) is 9.33. The Bertz CT molecular complexity index is 1060. The molecule has 0 radical (unpaired) electrons. The number of nitrogens with two attached hydrogens (primary N) is 1. The van der Waals surface area contributed by atoms with Gasteiger partial charge in [-0.3, -0.25) is 9.59 Å². The number of amides is 2. The minimum absolute atomic E-state index is 0.249. The van der Waals surface area contributed by atoms with E-state index in [2.05, 4.69) is 10.4 Å². The summed E-state index contributed by atoms with van der Waals surface area (Å²) in [6.45, 7) is 3.94. The zero-order chi connectivity index (χ0) is 19.8. The largest absolute Gasteiger partial charge is 0.365 e. The molecule has 7 heteroatoms. The van der Waals surface area contributed by atoms with Crippen LogP contribution in [0, 0.1) is 13.8 Å². The number of fused-ring (bicyclic) bond motifs is 1. The van der Waals surface area contributed by atoms with Crippen molar-refractivity contribution >= 4 is 28.2 Å². The standard InChI is InChI=1S/C21H22N4O2S/c1-12-11-13(2)25(24-12)15-9-7-14(8-10-15)20(27)23-21-18(19(22)26)16-5-3-4-6-17(16)28-21/h7-11H,3-6H2,1-2H3,(H2,22,26)(H,23,27). The summed E-state index contributed by atoms with van der Waals surface area (Å²) in [5, 5.41) is 7.92. The molecular formula is C21H22N4O2S. The normalized spacial score (nSPS) is 13.2. The second-order valence-electron chi connectivity index (χ2n) is 7.12. The van der Waals surface area contributed by atoms with Crippen LogP contribution in [0.2, 0.25) is 0 Å². The molecule has 1 aliphatic carbocycles. The van der Waals surface area contributed by atoms with E-state index in [9.17, 15) is 9.59 Å². The highest BCUT2D eigenvalue weighted by atomic mass is 32.1. The minimum atomic E-state index is -0.477. The molecule has 0 fully saturated rings. The number of hydrogen-bond acceptors (Lipinski definition) is 4. The van der Waals surface area contributed by atoms with Crippen molar-refractivity contribution in [1.29, 1.82) is 0 Å². The Hall–Kier alpha value is -2.93. The summed E-state index contributed by atoms with van der Waals surface area (Å²) in [5.41, 5.74) is 10.5. The number of carbonyl (C=O) groups excluding carboxylic acids is 2. The molecule has 0 spiro atoms. The molecule has 2 aromatic heterocycles. The van der Waals surface area contributed by atoms with E-state index >= 15 is 0 Å². The van der Waals surface area contributed by atoms with E-state index < -0.39 is 5.91 Å². The maximum Gasteiger partial charge on any atom is 0.256 e. The fraction of sp³-hybridized carbons (Fsp3) is 0.286. The summed E-state index contributed by atoms with van der Waals surface area (Å²) in [4.78, 5) is 25.9. The Morgan fingerprint density at radius 2 is 1.86 bits per heavy atom. The minimum Gasteiger partial charge on any atom is -0.365 e. The molecule has 0 saturated carbocycles. The highest BCUT2D eigenvalue weighted by molar-refractivity contribution is 7.17. The number of benzene rings is 1. The zero-order valence-corrected chi connectivity index (χ0v) is 16.7. The van der Waals surface area contributed by atoms with Crippen LogP contribution < -0.4 is 11.1 Å². The van der Waals surface area contributed by atoms with Crippen molar-refractivity contribution < 1.29 is 9.59 Å². The van der Waals surface area contributed by atoms with Crippen molar-refractivity contribution in [2.45, 2.75) is 39.5 Å². The summed E-state index contributed by atoms with van der Waals surface area (Å²) in [7, 11) is 0. The fourth-order valence-corrected chi connectivity index (χ4v) is 5.02. The van der Waals surface area contributed by atoms with E-state index in [1.165, 1.54) is 11.3 Å². The second-order valence-corrected chi connectivity index (χ2v) is 8.22. The molecule has 2 amide bonds. The van der Waals surface area contributed by atoms with Gasteiger partial charge in [0.1, 0.15) is 5.00 Å². The number of nitrogens with zero attached hydrogens (tertiary/aromatic N) is 2. The van der Waals surface area contributed by atoms with E-state index in [4.69, 9.17) is 5.73 Å². The number of rotatable bonds is 4. The predicted octanol–water partition coefficient (Wildman–Crippen LogP) is 3.78. The molecule has 6 nitrogen and oxygen atoms in total. The van der Waals surface area contributed by atoms with Crippen molar-refractivity contribution in [2.75, 3.05) is 5.32 Å². The van der Waals surface area contributed by atoms with Gasteiger partial charge in [0.15, 0.2) is 0 Å². The van der Waals surface area contributed by atoms with Crippen LogP contribution in [-0.2, 0) is 12.8 Å². The third-order valence-corrected chi connectivity index (χ3v) is 6.24. The van der Waals surface area contributed by atoms with Gasteiger partial charge in [-0.05, 0) is 75.4 Å². The first-order chi connectivity index (χ1) is 13.4. The maximum absolute atomic E-state index is 12.7. The van der Waals surface area contributed by atoms with Crippen LogP contribution in [0.5, 0.6) is 0 Å². The summed E-state index contributed by atoms with van der Waals surface area (Å²) in [6.07, 6.45) is 3.93. The Morgan fingerprint density at radius 3 is 2.50 bits per heavy atom. The highest BCUT2D eigenvalue weighted by Gasteiger charge is 2.25. The van der Waals surface area contributed by atoms with E-state index in [0.717, 1.165) is 53.2 Å². The molecule has 144 valence electrons. The highest BCUT2D eigenvalue weighted by Crippen LogP contribution is 2.38. The zero-order valence-electron chi connectivity index (χ0n) is 15.9. The monoisotopic (exact) mass is 394 g/mol. The second kappa shape index (κ2) is 7.24. The van der Waals surface area contributed by atoms with E-state index in [-0.39, 0.29) is 5.91 Å². The van der Waals surface area contributed by atoms with Crippen LogP contribution in [0.1, 0.15) is 55.4 Å². The maximum atomic E-state index is 12.7. The Kier molecular flexibility index (Phi) is 4.77. The average molecular weight is 395 g/mol. The molecule has 0 saturated heterocycles. The Morgan fingerprint density at radius 1 is 1.14 bits per heavy atom. The van der Waals surface area contributed by atoms with Gasteiger partial charge in [-0.15, -0.1) is 11.3 Å². The summed E-state index contributed by atoms with van der Waals surface area (Å²) < 4.78 is 1.84. The molecular weight excluding hydrogens is 372 g/mol. The molecule has 1 aliphatic rings. The third kappa shape index (κ3) is 3.33. The lowest BCUT2D eigenvalue weighted by atomic mass is 9.95. The van der Waals surface area contributed by atoms with Crippen LogP contribution in [0.4, 0.5) is 5.00 Å². The quantitative estimate of drug-likeness (QED) is 0.706. The number of anilines is 1. The van der Waals surface area contributed by atoms with Gasteiger partial charge >= 0.3 is 0 Å². The number of aromatic nitrogens is 2. The third-order valence-electron chi connectivity index (χ3n) is 5.03. The number of hydrogen-bond donors (Lipinski definition) is 2. The molecule has 28 heavy (non-hydrogen) atoms. The first kappa shape index (κ1) is 18.4. The first-order valence-corrected chi connectivity index (χ1v) is 10.1. The Balaban J connectivity index is 1.58. The SMILES string of the molecule is Cc1cc(C)n(-c2ccc(C(=O)Nc3sc4c(c3C(N)=O)CCCC4)cc2)n1. The molecule has 1 aromatic carbocycles. The molecule has 3 aromatic rings. The van der Waals surface area contributed by atoms with E-state index in [0.29, 0.717) is 16.1 Å². The molecule has 3 N–H and O–H groups in total. The number of primary amides is 1. The smallest absolute Gasteiger partial charge is 0.256 e. The van der Waals surface area contributed by atoms with Crippen molar-refractivity contribution in [3.05, 3.63) is 63.3 Å². The van der Waals surface area contributed by atoms with Crippen LogP contribution in [0.15, 0.2) is 30.3 Å². The molecule has 0 unspecified atom stereocenters. The lowest BCUT2D eigenvalue weighted by Gasteiger charge is -2.11. The molecule has 2 heterocycles. The van der Waals surface area contributed by atoms with Gasteiger partial charge in [0, 0.05) is 16.1 Å². The molecule has 0 aliphatic heterocycles. The molecule has 0 bridgehead atoms. The van der Waals surface area contributed by atoms with Crippen LogP contribution in [0.25, 0.3) is 5.69 Å². The van der Waals surface area contributed by atoms with Gasteiger partial charge in [0.25, 0.3) is 11.8 Å². The van der Waals surface area contributed by atoms with Crippen molar-refractivity contribution in [2.24, 2.45) is 5.73 Å². The summed E-state index contributed by atoms with van der Waals surface area (Å²) >= 11 is 1.47.